The van der Waals surface area contributed by atoms with Gasteiger partial charge in [0, 0.05) is 32.1 Å². The van der Waals surface area contributed by atoms with Crippen molar-refractivity contribution in [2.45, 2.75) is 37.0 Å². The second-order valence-corrected chi connectivity index (χ2v) is 9.17. The van der Waals surface area contributed by atoms with Gasteiger partial charge in [0.2, 0.25) is 15.9 Å². The Kier molecular flexibility index (Phi) is 7.43. The number of rotatable bonds is 11. The highest BCUT2D eigenvalue weighted by atomic mass is 32.2. The first-order chi connectivity index (χ1) is 14.3. The summed E-state index contributed by atoms with van der Waals surface area (Å²) in [7, 11) is -3.76. The number of benzene rings is 1. The van der Waals surface area contributed by atoms with Gasteiger partial charge in [-0.15, -0.1) is 0 Å². The van der Waals surface area contributed by atoms with E-state index in [9.17, 15) is 22.4 Å². The van der Waals surface area contributed by atoms with E-state index in [0.29, 0.717) is 38.5 Å². The summed E-state index contributed by atoms with van der Waals surface area (Å²) in [5, 5.41) is 2.25. The fourth-order valence-corrected chi connectivity index (χ4v) is 3.95. The molecule has 1 aliphatic carbocycles. The first-order valence-corrected chi connectivity index (χ1v) is 11.5. The summed E-state index contributed by atoms with van der Waals surface area (Å²) in [4.78, 5) is 24.2. The van der Waals surface area contributed by atoms with Gasteiger partial charge in [-0.2, -0.15) is 0 Å². The van der Waals surface area contributed by atoms with E-state index in [2.05, 4.69) is 10.0 Å². The van der Waals surface area contributed by atoms with Crippen molar-refractivity contribution in [1.82, 2.24) is 14.9 Å². The van der Waals surface area contributed by atoms with Gasteiger partial charge in [0.15, 0.2) is 11.6 Å². The van der Waals surface area contributed by atoms with Crippen molar-refractivity contribution in [3.8, 4) is 5.75 Å². The van der Waals surface area contributed by atoms with Crippen LogP contribution in [-0.4, -0.2) is 51.5 Å². The number of carbonyl (C=O) groups excluding carboxylic acids is 2. The zero-order chi connectivity index (χ0) is 21.6. The normalized spacial score (nSPS) is 17.4. The molecule has 0 unspecified atom stereocenters. The van der Waals surface area contributed by atoms with Crippen molar-refractivity contribution >= 4 is 22.0 Å². The highest BCUT2D eigenvalue weighted by Crippen LogP contribution is 2.30. The first kappa shape index (κ1) is 22.2. The molecule has 1 aliphatic heterocycles. The third kappa shape index (κ3) is 6.53. The second kappa shape index (κ2) is 10.0. The van der Waals surface area contributed by atoms with Crippen LogP contribution in [0.25, 0.3) is 0 Å². The molecule has 2 aliphatic rings. The zero-order valence-electron chi connectivity index (χ0n) is 16.6. The van der Waals surface area contributed by atoms with Gasteiger partial charge in [0.25, 0.3) is 0 Å². The van der Waals surface area contributed by atoms with Crippen molar-refractivity contribution in [3.63, 3.8) is 0 Å². The van der Waals surface area contributed by atoms with E-state index in [1.165, 1.54) is 17.0 Å². The minimum atomic E-state index is -3.76. The summed E-state index contributed by atoms with van der Waals surface area (Å²) >= 11 is 0. The molecule has 1 saturated heterocycles. The zero-order valence-corrected chi connectivity index (χ0v) is 17.4. The molecule has 3 rings (SSSR count). The van der Waals surface area contributed by atoms with Crippen LogP contribution in [0.3, 0.4) is 0 Å². The number of hydrogen-bond donors (Lipinski definition) is 2. The summed E-state index contributed by atoms with van der Waals surface area (Å²) < 4.78 is 46.6. The molecule has 8 nitrogen and oxygen atoms in total. The SMILES string of the molecule is O=C1CCN(C/C=C/CCCNS(=O)(=O)c2ccc(F)c(OCC3CC3)c2)C(=O)N1. The molecular weight excluding hydrogens is 413 g/mol. The van der Waals surface area contributed by atoms with E-state index in [0.717, 1.165) is 18.9 Å². The van der Waals surface area contributed by atoms with Crippen molar-refractivity contribution in [1.29, 1.82) is 0 Å². The molecule has 3 amide bonds. The Labute approximate surface area is 175 Å². The van der Waals surface area contributed by atoms with Crippen molar-refractivity contribution in [3.05, 3.63) is 36.2 Å². The smallest absolute Gasteiger partial charge is 0.324 e. The Hall–Kier alpha value is -2.46. The Bertz CT molecular complexity index is 915. The number of ether oxygens (including phenoxy) is 1. The maximum absolute atomic E-state index is 13.8. The van der Waals surface area contributed by atoms with Crippen LogP contribution in [0.2, 0.25) is 0 Å². The van der Waals surface area contributed by atoms with Crippen LogP contribution in [-0.2, 0) is 14.8 Å². The monoisotopic (exact) mass is 439 g/mol. The number of imide groups is 1. The summed E-state index contributed by atoms with van der Waals surface area (Å²) in [6.07, 6.45) is 7.26. The lowest BCUT2D eigenvalue weighted by atomic mass is 10.2. The summed E-state index contributed by atoms with van der Waals surface area (Å²) in [5.41, 5.74) is 0. The standard InChI is InChI=1S/C20H26FN3O5S/c21-17-8-7-16(13-18(17)29-14-15-5-6-15)30(27,28)22-10-3-1-2-4-11-24-12-9-19(25)23-20(24)26/h2,4,7-8,13,15,22H,1,3,5-6,9-12,14H2,(H,23,25,26)/b4-2+. The van der Waals surface area contributed by atoms with Crippen molar-refractivity contribution in [2.75, 3.05) is 26.2 Å². The minimum Gasteiger partial charge on any atom is -0.490 e. The molecule has 0 radical (unpaired) electrons. The fraction of sp³-hybridized carbons (Fsp3) is 0.500. The number of hydrogen-bond acceptors (Lipinski definition) is 5. The Morgan fingerprint density at radius 3 is 2.80 bits per heavy atom. The lowest BCUT2D eigenvalue weighted by Crippen LogP contribution is -2.49. The molecular formula is C20H26FN3O5S. The van der Waals surface area contributed by atoms with Gasteiger partial charge in [-0.1, -0.05) is 12.2 Å². The van der Waals surface area contributed by atoms with E-state index in [1.807, 2.05) is 12.2 Å². The Morgan fingerprint density at radius 2 is 2.07 bits per heavy atom. The maximum atomic E-state index is 13.8. The van der Waals surface area contributed by atoms with Crippen LogP contribution < -0.4 is 14.8 Å². The molecule has 2 fully saturated rings. The average molecular weight is 440 g/mol. The number of unbranched alkanes of at least 4 members (excludes halogenated alkanes) is 1. The maximum Gasteiger partial charge on any atom is 0.324 e. The number of allylic oxidation sites excluding steroid dienone is 1. The molecule has 164 valence electrons. The Balaban J connectivity index is 1.40. The molecule has 10 heteroatoms. The molecule has 0 bridgehead atoms. The van der Waals surface area contributed by atoms with Gasteiger partial charge in [0.1, 0.15) is 0 Å². The van der Waals surface area contributed by atoms with Crippen LogP contribution >= 0.6 is 0 Å². The van der Waals surface area contributed by atoms with E-state index in [-0.39, 0.29) is 29.5 Å². The first-order valence-electron chi connectivity index (χ1n) is 10.0. The number of nitrogens with zero attached hydrogens (tertiary/aromatic N) is 1. The van der Waals surface area contributed by atoms with E-state index >= 15 is 0 Å². The van der Waals surface area contributed by atoms with Crippen LogP contribution in [0.15, 0.2) is 35.2 Å². The summed E-state index contributed by atoms with van der Waals surface area (Å²) in [6.45, 7) is 1.40. The molecule has 1 heterocycles. The third-order valence-corrected chi connectivity index (χ3v) is 6.32. The van der Waals surface area contributed by atoms with Crippen LogP contribution in [0, 0.1) is 11.7 Å². The van der Waals surface area contributed by atoms with Gasteiger partial charge in [0.05, 0.1) is 11.5 Å². The quantitative estimate of drug-likeness (QED) is 0.406. The molecule has 2 N–H and O–H groups in total. The topological polar surface area (TPSA) is 105 Å². The highest BCUT2D eigenvalue weighted by Gasteiger charge is 2.23. The third-order valence-electron chi connectivity index (χ3n) is 4.86. The van der Waals surface area contributed by atoms with Gasteiger partial charge < -0.3 is 9.64 Å². The second-order valence-electron chi connectivity index (χ2n) is 7.41. The van der Waals surface area contributed by atoms with Gasteiger partial charge in [-0.25, -0.2) is 22.3 Å². The largest absolute Gasteiger partial charge is 0.490 e. The summed E-state index contributed by atoms with van der Waals surface area (Å²) in [6, 6.07) is 3.14. The van der Waals surface area contributed by atoms with Gasteiger partial charge in [-0.05, 0) is 43.7 Å². The lowest BCUT2D eigenvalue weighted by molar-refractivity contribution is -0.121. The number of halogens is 1. The van der Waals surface area contributed by atoms with E-state index in [1.54, 1.807) is 0 Å². The number of sulfonamides is 1. The van der Waals surface area contributed by atoms with Gasteiger partial charge >= 0.3 is 6.03 Å². The van der Waals surface area contributed by atoms with Crippen LogP contribution in [0.4, 0.5) is 9.18 Å². The number of amides is 3. The molecule has 0 aromatic heterocycles. The predicted octanol–water partition coefficient (Wildman–Crippen LogP) is 2.17. The highest BCUT2D eigenvalue weighted by molar-refractivity contribution is 7.89. The van der Waals surface area contributed by atoms with Crippen molar-refractivity contribution < 1.29 is 27.1 Å². The number of carbonyl (C=O) groups is 2. The average Bonchev–Trinajstić information content (AvgIpc) is 3.52. The number of nitrogens with one attached hydrogen (secondary N) is 2. The minimum absolute atomic E-state index is 0.0316. The predicted molar refractivity (Wildman–Crippen MR) is 108 cm³/mol. The molecule has 0 spiro atoms. The van der Waals surface area contributed by atoms with E-state index < -0.39 is 21.9 Å². The number of urea groups is 1. The molecule has 1 saturated carbocycles. The van der Waals surface area contributed by atoms with Gasteiger partial charge in [-0.3, -0.25) is 10.1 Å². The van der Waals surface area contributed by atoms with Crippen LogP contribution in [0.1, 0.15) is 32.1 Å². The molecule has 1 aromatic rings. The Morgan fingerprint density at radius 1 is 1.27 bits per heavy atom. The molecule has 1 aromatic carbocycles. The van der Waals surface area contributed by atoms with E-state index in [4.69, 9.17) is 4.74 Å². The fourth-order valence-electron chi connectivity index (χ4n) is 2.86. The summed E-state index contributed by atoms with van der Waals surface area (Å²) in [5.74, 6) is -0.458. The van der Waals surface area contributed by atoms with Crippen molar-refractivity contribution in [2.24, 2.45) is 5.92 Å². The molecule has 30 heavy (non-hydrogen) atoms. The lowest BCUT2D eigenvalue weighted by Gasteiger charge is -2.25. The molecule has 0 atom stereocenters. The van der Waals surface area contributed by atoms with Crippen LogP contribution in [0.5, 0.6) is 5.75 Å².